The Kier molecular flexibility index (Phi) is 5.71. The monoisotopic (exact) mass is 372 g/mol. The normalized spacial score (nSPS) is 14.9. The molecule has 1 aliphatic rings. The Bertz CT molecular complexity index is 988. The molecule has 5 heteroatoms. The van der Waals surface area contributed by atoms with E-state index in [0.29, 0.717) is 5.56 Å². The molecule has 2 aromatic heterocycles. The van der Waals surface area contributed by atoms with Crippen LogP contribution in [0.3, 0.4) is 0 Å². The van der Waals surface area contributed by atoms with Gasteiger partial charge in [0.2, 0.25) is 0 Å². The van der Waals surface area contributed by atoms with Crippen LogP contribution in [-0.4, -0.2) is 21.6 Å². The fourth-order valence-corrected chi connectivity index (χ4v) is 3.64. The van der Waals surface area contributed by atoms with Crippen LogP contribution in [0.5, 0.6) is 0 Å². The van der Waals surface area contributed by atoms with Gasteiger partial charge in [-0.15, -0.1) is 0 Å². The summed E-state index contributed by atoms with van der Waals surface area (Å²) in [5.41, 5.74) is 6.87. The number of hydrogen-bond donors (Lipinski definition) is 1. The predicted octanol–water partition coefficient (Wildman–Crippen LogP) is 5.13. The van der Waals surface area contributed by atoms with E-state index in [1.54, 1.807) is 12.4 Å². The van der Waals surface area contributed by atoms with Crippen LogP contribution in [0.25, 0.3) is 22.2 Å². The lowest BCUT2D eigenvalue weighted by Crippen LogP contribution is -2.20. The third-order valence-electron chi connectivity index (χ3n) is 5.16. The first kappa shape index (κ1) is 18.3. The number of carbonyl (C=O) groups is 1. The van der Waals surface area contributed by atoms with Gasteiger partial charge in [0.15, 0.2) is 0 Å². The molecule has 1 saturated carbocycles. The summed E-state index contributed by atoms with van der Waals surface area (Å²) < 4.78 is 0. The fourth-order valence-electron chi connectivity index (χ4n) is 3.64. The molecule has 28 heavy (non-hydrogen) atoms. The first-order valence-corrected chi connectivity index (χ1v) is 9.97. The van der Waals surface area contributed by atoms with E-state index in [2.05, 4.69) is 15.5 Å². The number of hydrazone groups is 1. The first-order valence-electron chi connectivity index (χ1n) is 9.97. The van der Waals surface area contributed by atoms with E-state index >= 15 is 0 Å². The summed E-state index contributed by atoms with van der Waals surface area (Å²) in [6.45, 7) is 0. The number of carbonyl (C=O) groups excluding carboxylic acids is 1. The minimum Gasteiger partial charge on any atom is -0.267 e. The summed E-state index contributed by atoms with van der Waals surface area (Å²) >= 11 is 0. The highest BCUT2D eigenvalue weighted by Gasteiger charge is 2.14. The molecule has 0 radical (unpaired) electrons. The molecular formula is C23H24N4O. The van der Waals surface area contributed by atoms with Crippen molar-refractivity contribution in [3.63, 3.8) is 0 Å². The zero-order valence-corrected chi connectivity index (χ0v) is 15.9. The lowest BCUT2D eigenvalue weighted by Gasteiger charge is -2.12. The maximum atomic E-state index is 13.0. The van der Waals surface area contributed by atoms with Crippen LogP contribution in [-0.2, 0) is 0 Å². The lowest BCUT2D eigenvalue weighted by atomic mass is 9.99. The smallest absolute Gasteiger partial charge is 0.267 e. The predicted molar refractivity (Wildman–Crippen MR) is 112 cm³/mol. The van der Waals surface area contributed by atoms with Crippen molar-refractivity contribution in [3.05, 3.63) is 60.4 Å². The van der Waals surface area contributed by atoms with Crippen LogP contribution >= 0.6 is 0 Å². The van der Waals surface area contributed by atoms with E-state index in [9.17, 15) is 4.79 Å². The maximum absolute atomic E-state index is 13.0. The van der Waals surface area contributed by atoms with E-state index in [1.807, 2.05) is 42.5 Å². The molecule has 1 N–H and O–H groups in total. The van der Waals surface area contributed by atoms with Gasteiger partial charge in [0.25, 0.3) is 5.91 Å². The molecule has 1 amide bonds. The molecule has 0 unspecified atom stereocenters. The molecule has 4 rings (SSSR count). The Labute approximate surface area is 164 Å². The van der Waals surface area contributed by atoms with E-state index in [-0.39, 0.29) is 5.91 Å². The summed E-state index contributed by atoms with van der Waals surface area (Å²) in [5, 5.41) is 5.28. The highest BCUT2D eigenvalue weighted by atomic mass is 16.2. The van der Waals surface area contributed by atoms with E-state index in [1.165, 1.54) is 19.3 Å². The van der Waals surface area contributed by atoms with E-state index in [0.717, 1.165) is 53.6 Å². The number of pyridine rings is 2. The molecule has 5 nitrogen and oxygen atoms in total. The Morgan fingerprint density at radius 1 is 0.964 bits per heavy atom. The first-order chi connectivity index (χ1) is 13.8. The van der Waals surface area contributed by atoms with Crippen molar-refractivity contribution in [1.82, 2.24) is 15.4 Å². The van der Waals surface area contributed by atoms with Crippen molar-refractivity contribution in [3.8, 4) is 11.3 Å². The van der Waals surface area contributed by atoms with Gasteiger partial charge < -0.3 is 0 Å². The zero-order chi connectivity index (χ0) is 19.2. The SMILES string of the molecule is O=C(NN=C1CCCCCCC1)c1cc(-c2cccnc2)nc2ccccc12. The average Bonchev–Trinajstić information content (AvgIpc) is 2.72. The lowest BCUT2D eigenvalue weighted by molar-refractivity contribution is 0.0956. The number of hydrogen-bond acceptors (Lipinski definition) is 4. The molecule has 1 aliphatic carbocycles. The molecule has 2 heterocycles. The van der Waals surface area contributed by atoms with Gasteiger partial charge in [0.1, 0.15) is 0 Å². The Morgan fingerprint density at radius 3 is 2.54 bits per heavy atom. The van der Waals surface area contributed by atoms with Gasteiger partial charge >= 0.3 is 0 Å². The van der Waals surface area contributed by atoms with Crippen molar-refractivity contribution in [1.29, 1.82) is 0 Å². The molecule has 142 valence electrons. The van der Waals surface area contributed by atoms with Crippen molar-refractivity contribution < 1.29 is 4.79 Å². The van der Waals surface area contributed by atoms with Crippen molar-refractivity contribution in [2.45, 2.75) is 44.9 Å². The molecule has 0 atom stereocenters. The summed E-state index contributed by atoms with van der Waals surface area (Å²) in [6.07, 6.45) is 11.5. The summed E-state index contributed by atoms with van der Waals surface area (Å²) in [6, 6.07) is 13.3. The van der Waals surface area contributed by atoms with Crippen molar-refractivity contribution in [2.24, 2.45) is 5.10 Å². The fraction of sp³-hybridized carbons (Fsp3) is 0.304. The quantitative estimate of drug-likeness (QED) is 0.648. The summed E-state index contributed by atoms with van der Waals surface area (Å²) in [5.74, 6) is -0.196. The van der Waals surface area contributed by atoms with Crippen LogP contribution in [0.1, 0.15) is 55.3 Å². The van der Waals surface area contributed by atoms with Crippen LogP contribution in [0.2, 0.25) is 0 Å². The number of fused-ring (bicyclic) bond motifs is 1. The van der Waals surface area contributed by atoms with Crippen LogP contribution in [0.4, 0.5) is 0 Å². The van der Waals surface area contributed by atoms with Gasteiger partial charge in [-0.05, 0) is 49.9 Å². The van der Waals surface area contributed by atoms with Crippen LogP contribution in [0.15, 0.2) is 60.0 Å². The van der Waals surface area contributed by atoms with E-state index in [4.69, 9.17) is 4.98 Å². The minimum absolute atomic E-state index is 0.196. The van der Waals surface area contributed by atoms with Gasteiger partial charge in [-0.25, -0.2) is 10.4 Å². The third kappa shape index (κ3) is 4.25. The number of rotatable bonds is 3. The average molecular weight is 372 g/mol. The molecule has 0 spiro atoms. The molecule has 3 aromatic rings. The minimum atomic E-state index is -0.196. The standard InChI is InChI=1S/C23H24N4O/c28-23(27-26-18-10-4-2-1-3-5-11-18)20-15-22(17-9-8-14-24-16-17)25-21-13-7-6-12-19(20)21/h6-9,12-16H,1-5,10-11H2,(H,27,28). The van der Waals surface area contributed by atoms with Gasteiger partial charge in [-0.3, -0.25) is 9.78 Å². The number of para-hydroxylation sites is 1. The topological polar surface area (TPSA) is 67.2 Å². The number of benzene rings is 1. The molecule has 1 fully saturated rings. The van der Waals surface area contributed by atoms with Gasteiger partial charge in [0, 0.05) is 29.1 Å². The Balaban J connectivity index is 1.65. The third-order valence-corrected chi connectivity index (χ3v) is 5.16. The van der Waals surface area contributed by atoms with E-state index < -0.39 is 0 Å². The highest BCUT2D eigenvalue weighted by Crippen LogP contribution is 2.24. The zero-order valence-electron chi connectivity index (χ0n) is 15.9. The number of aromatic nitrogens is 2. The molecule has 0 saturated heterocycles. The van der Waals surface area contributed by atoms with Crippen molar-refractivity contribution in [2.75, 3.05) is 0 Å². The number of amides is 1. The molecule has 1 aromatic carbocycles. The summed E-state index contributed by atoms with van der Waals surface area (Å²) in [4.78, 5) is 21.8. The molecule has 0 bridgehead atoms. The molecular weight excluding hydrogens is 348 g/mol. The van der Waals surface area contributed by atoms with Gasteiger partial charge in [-0.1, -0.05) is 37.5 Å². The largest absolute Gasteiger partial charge is 0.272 e. The summed E-state index contributed by atoms with van der Waals surface area (Å²) in [7, 11) is 0. The second-order valence-electron chi connectivity index (χ2n) is 7.20. The maximum Gasteiger partial charge on any atom is 0.272 e. The van der Waals surface area contributed by atoms with Crippen LogP contribution in [0, 0.1) is 0 Å². The number of nitrogens with zero attached hydrogens (tertiary/aromatic N) is 3. The Morgan fingerprint density at radius 2 is 1.75 bits per heavy atom. The second kappa shape index (κ2) is 8.74. The Hall–Kier alpha value is -3.08. The second-order valence-corrected chi connectivity index (χ2v) is 7.20. The van der Waals surface area contributed by atoms with Crippen LogP contribution < -0.4 is 5.43 Å². The highest BCUT2D eigenvalue weighted by molar-refractivity contribution is 6.07. The number of nitrogens with one attached hydrogen (secondary N) is 1. The molecule has 0 aliphatic heterocycles. The van der Waals surface area contributed by atoms with Crippen molar-refractivity contribution >= 4 is 22.5 Å². The van der Waals surface area contributed by atoms with Gasteiger partial charge in [-0.2, -0.15) is 5.10 Å². The van der Waals surface area contributed by atoms with Gasteiger partial charge in [0.05, 0.1) is 16.8 Å².